The van der Waals surface area contributed by atoms with Gasteiger partial charge >= 0.3 is 0 Å². The number of thiol groups is 1. The molecule has 16 heavy (non-hydrogen) atoms. The van der Waals surface area contributed by atoms with Crippen molar-refractivity contribution in [3.8, 4) is 0 Å². The van der Waals surface area contributed by atoms with Crippen molar-refractivity contribution in [3.05, 3.63) is 0 Å². The zero-order valence-corrected chi connectivity index (χ0v) is 13.2. The molecule has 0 aliphatic carbocycles. The van der Waals surface area contributed by atoms with Crippen LogP contribution in [0.15, 0.2) is 0 Å². The van der Waals surface area contributed by atoms with E-state index >= 15 is 0 Å². The molecule has 106 valence electrons. The van der Waals surface area contributed by atoms with Crippen LogP contribution >= 0.6 is 17.9 Å². The summed E-state index contributed by atoms with van der Waals surface area (Å²) in [4.78, 5) is 18.9. The van der Waals surface area contributed by atoms with Gasteiger partial charge in [0.05, 0.1) is 0 Å². The van der Waals surface area contributed by atoms with Crippen LogP contribution in [0.25, 0.3) is 0 Å². The fraction of sp³-hybridized carbons (Fsp3) is 1.00. The van der Waals surface area contributed by atoms with Gasteiger partial charge in [-0.05, 0) is 24.3 Å². The van der Waals surface area contributed by atoms with Crippen LogP contribution in [0, 0.1) is 0 Å². The molecule has 0 heterocycles. The molecule has 0 rings (SSSR count). The molecule has 0 fully saturated rings. The number of hydrogen-bond donors (Lipinski definition) is 6. The maximum atomic E-state index is 9.47. The summed E-state index contributed by atoms with van der Waals surface area (Å²) in [5.41, 5.74) is -2.86. The molecule has 0 aromatic carbocycles. The van der Waals surface area contributed by atoms with Gasteiger partial charge in [0, 0.05) is 0 Å². The predicted molar refractivity (Wildman–Crippen MR) is 82.3 cm³/mol. The summed E-state index contributed by atoms with van der Waals surface area (Å²) in [7, 11) is -0.255. The molecule has 0 spiro atoms. The maximum absolute atomic E-state index is 9.47. The van der Waals surface area contributed by atoms with Crippen LogP contribution < -0.4 is 18.5 Å². The second-order valence-corrected chi connectivity index (χ2v) is 11.4. The lowest BCUT2D eigenvalue weighted by Gasteiger charge is -2.15. The highest BCUT2D eigenvalue weighted by Gasteiger charge is 2.09. The van der Waals surface area contributed by atoms with Crippen LogP contribution in [-0.2, 0) is 10.1 Å². The Kier molecular flexibility index (Phi) is 22.5. The van der Waals surface area contributed by atoms with E-state index in [1.807, 2.05) is 0 Å². The lowest BCUT2D eigenvalue weighted by atomic mass is 10.4. The summed E-state index contributed by atoms with van der Waals surface area (Å²) in [6.07, 6.45) is 4.39. The second-order valence-electron chi connectivity index (χ2n) is 3.09. The van der Waals surface area contributed by atoms with Gasteiger partial charge in [0.2, 0.25) is 0 Å². The molecule has 0 radical (unpaired) electrons. The summed E-state index contributed by atoms with van der Waals surface area (Å²) in [5, 5.41) is 0. The number of unbranched alkanes of at least 4 members (excludes halogenated alkanes) is 2. The zero-order chi connectivity index (χ0) is 10.3. The molecular weight excluding hydrogens is 265 g/mol. The van der Waals surface area contributed by atoms with Gasteiger partial charge in [-0.2, -0.15) is 0 Å². The van der Waals surface area contributed by atoms with E-state index in [1.54, 1.807) is 0 Å². The monoisotopic (exact) mass is 295 g/mol. The van der Waals surface area contributed by atoms with Crippen molar-refractivity contribution in [2.75, 3.05) is 11.5 Å². The minimum atomic E-state index is -2.86. The minimum Gasteiger partial charge on any atom is -0.344 e. The molecule has 0 amide bonds. The molecular formula is C8H30N3O2PS2. The van der Waals surface area contributed by atoms with Crippen molar-refractivity contribution < 1.29 is 9.79 Å². The van der Waals surface area contributed by atoms with Gasteiger partial charge in [-0.3, -0.25) is 0 Å². The van der Waals surface area contributed by atoms with E-state index in [0.717, 1.165) is 37.2 Å². The van der Waals surface area contributed by atoms with Crippen LogP contribution in [0.5, 0.6) is 0 Å². The summed E-state index contributed by atoms with van der Waals surface area (Å²) in [6, 6.07) is 0. The summed E-state index contributed by atoms with van der Waals surface area (Å²) >= 11 is 3.93. The molecule has 5 nitrogen and oxygen atoms in total. The summed E-state index contributed by atoms with van der Waals surface area (Å²) in [5.74, 6) is 1.86. The molecule has 0 bridgehead atoms. The molecule has 0 unspecified atom stereocenters. The molecule has 0 aliphatic heterocycles. The molecule has 0 saturated carbocycles. The van der Waals surface area contributed by atoms with Crippen molar-refractivity contribution >= 4 is 28.0 Å². The minimum absolute atomic E-state index is 0. The smallest absolute Gasteiger partial charge is 0.198 e. The van der Waals surface area contributed by atoms with Crippen LogP contribution in [0.4, 0.5) is 0 Å². The molecule has 0 atom stereocenters. The highest BCUT2D eigenvalue weighted by Crippen LogP contribution is 2.47. The Morgan fingerprint density at radius 3 is 1.44 bits per heavy atom. The van der Waals surface area contributed by atoms with Gasteiger partial charge in [-0.15, -0.1) is 10.1 Å². The first-order valence-corrected chi connectivity index (χ1v) is 9.79. The van der Waals surface area contributed by atoms with E-state index in [1.165, 1.54) is 0 Å². The molecule has 0 aromatic heterocycles. The average Bonchev–Trinajstić information content (AvgIpc) is 2.02. The van der Waals surface area contributed by atoms with Gasteiger partial charge in [0.25, 0.3) is 0 Å². The maximum Gasteiger partial charge on any atom is 0.198 e. The number of rotatable bonds is 6. The average molecular weight is 295 g/mol. The molecule has 11 N–H and O–H groups in total. The molecule has 0 aliphatic rings. The SMILES string of the molecule is CCCCS(CCCC)=P(O)(O)S.N.N.N. The van der Waals surface area contributed by atoms with Crippen LogP contribution in [-0.4, -0.2) is 21.3 Å². The Morgan fingerprint density at radius 2 is 1.25 bits per heavy atom. The predicted octanol–water partition coefficient (Wildman–Crippen LogP) is 3.28. The van der Waals surface area contributed by atoms with Crippen molar-refractivity contribution in [2.45, 2.75) is 39.5 Å². The third-order valence-electron chi connectivity index (χ3n) is 1.81. The topological polar surface area (TPSA) is 145 Å². The van der Waals surface area contributed by atoms with Crippen LogP contribution in [0.3, 0.4) is 0 Å². The highest BCUT2D eigenvalue weighted by molar-refractivity contribution is 8.65. The van der Waals surface area contributed by atoms with Gasteiger partial charge in [0.15, 0.2) is 5.69 Å². The fourth-order valence-corrected chi connectivity index (χ4v) is 6.62. The van der Waals surface area contributed by atoms with Crippen molar-refractivity contribution in [1.29, 1.82) is 0 Å². The van der Waals surface area contributed by atoms with Crippen LogP contribution in [0.2, 0.25) is 0 Å². The van der Waals surface area contributed by atoms with E-state index in [4.69, 9.17) is 0 Å². The second kappa shape index (κ2) is 14.0. The Balaban J connectivity index is -0.000000240. The van der Waals surface area contributed by atoms with E-state index in [9.17, 15) is 9.79 Å². The van der Waals surface area contributed by atoms with Crippen LogP contribution in [0.1, 0.15) is 39.5 Å². The van der Waals surface area contributed by atoms with E-state index < -0.39 is 5.69 Å². The first kappa shape index (κ1) is 25.7. The standard InChI is InChI=1S/C8H21O2PS2.3H3N/c1-3-5-7-13(8-6-4-2)11(9,10)12;;;/h9-10,12H,3-8H2,1-2H3;3*1H3. The largest absolute Gasteiger partial charge is 0.344 e. The lowest BCUT2D eigenvalue weighted by Crippen LogP contribution is -2.03. The van der Waals surface area contributed by atoms with Gasteiger partial charge in [-0.25, -0.2) is 0 Å². The Hall–Kier alpha value is 0.930. The lowest BCUT2D eigenvalue weighted by molar-refractivity contribution is 0.502. The molecule has 0 aromatic rings. The third kappa shape index (κ3) is 13.0. The Morgan fingerprint density at radius 1 is 0.938 bits per heavy atom. The molecule has 8 heteroatoms. The van der Waals surface area contributed by atoms with Crippen molar-refractivity contribution in [3.63, 3.8) is 0 Å². The quantitative estimate of drug-likeness (QED) is 0.329. The van der Waals surface area contributed by atoms with E-state index in [2.05, 4.69) is 26.1 Å². The first-order chi connectivity index (χ1) is 6.02. The van der Waals surface area contributed by atoms with Crippen molar-refractivity contribution in [2.24, 2.45) is 0 Å². The number of hydrogen-bond acceptors (Lipinski definition) is 3. The molecule has 0 saturated heterocycles. The van der Waals surface area contributed by atoms with E-state index in [0.29, 0.717) is 0 Å². The summed E-state index contributed by atoms with van der Waals surface area (Å²) in [6.45, 7) is 4.24. The highest BCUT2D eigenvalue weighted by atomic mass is 32.9. The normalized spacial score (nSPS) is 10.1. The Bertz CT molecular complexity index is 181. The fourth-order valence-electron chi connectivity index (χ4n) is 0.969. The first-order valence-electron chi connectivity index (χ1n) is 4.77. The van der Waals surface area contributed by atoms with Gasteiger partial charge in [-0.1, -0.05) is 38.9 Å². The summed E-state index contributed by atoms with van der Waals surface area (Å²) < 4.78 is 0. The van der Waals surface area contributed by atoms with E-state index in [-0.39, 0.29) is 28.5 Å². The van der Waals surface area contributed by atoms with Gasteiger partial charge < -0.3 is 28.2 Å². The zero-order valence-electron chi connectivity index (χ0n) is 10.6. The van der Waals surface area contributed by atoms with Gasteiger partial charge in [0.1, 0.15) is 0 Å². The Labute approximate surface area is 107 Å². The third-order valence-corrected chi connectivity index (χ3v) is 9.28. The van der Waals surface area contributed by atoms with Crippen molar-refractivity contribution in [1.82, 2.24) is 18.5 Å².